The van der Waals surface area contributed by atoms with Crippen LogP contribution in [0.3, 0.4) is 0 Å². The van der Waals surface area contributed by atoms with Crippen molar-refractivity contribution in [2.75, 3.05) is 19.6 Å². The van der Waals surface area contributed by atoms with Gasteiger partial charge in [-0.3, -0.25) is 9.69 Å². The zero-order valence-electron chi connectivity index (χ0n) is 16.0. The van der Waals surface area contributed by atoms with Crippen LogP contribution < -0.4 is 5.32 Å². The molecule has 0 unspecified atom stereocenters. The topological polar surface area (TPSA) is 45.2 Å². The van der Waals surface area contributed by atoms with Gasteiger partial charge in [0.25, 0.3) is 0 Å². The van der Waals surface area contributed by atoms with Crippen molar-refractivity contribution in [3.8, 4) is 10.6 Å². The highest BCUT2D eigenvalue weighted by Gasteiger charge is 2.25. The third-order valence-electron chi connectivity index (χ3n) is 5.28. The number of nitrogens with zero attached hydrogens (tertiary/aromatic N) is 2. The number of piperidine rings is 1. The summed E-state index contributed by atoms with van der Waals surface area (Å²) in [5.74, 6) is 0.853. The molecule has 0 spiro atoms. The number of rotatable bonds is 7. The maximum Gasteiger partial charge on any atom is 0.226 e. The van der Waals surface area contributed by atoms with Gasteiger partial charge in [-0.05, 0) is 54.7 Å². The van der Waals surface area contributed by atoms with Crippen LogP contribution in [-0.2, 0) is 11.2 Å². The Bertz CT molecular complexity index is 865. The van der Waals surface area contributed by atoms with E-state index in [4.69, 9.17) is 0 Å². The number of nitrogens with one attached hydrogen (secondary N) is 1. The minimum absolute atomic E-state index is 0.0501. The van der Waals surface area contributed by atoms with Gasteiger partial charge in [-0.15, -0.1) is 22.7 Å². The monoisotopic (exact) mass is 431 g/mol. The molecule has 4 heterocycles. The summed E-state index contributed by atoms with van der Waals surface area (Å²) in [5.41, 5.74) is 1.99. The smallest absolute Gasteiger partial charge is 0.226 e. The number of amides is 1. The Morgan fingerprint density at radius 2 is 2.11 bits per heavy atom. The zero-order chi connectivity index (χ0) is 19.3. The summed E-state index contributed by atoms with van der Waals surface area (Å²) in [6, 6.07) is 6.63. The molecule has 3 aromatic rings. The van der Waals surface area contributed by atoms with Crippen LogP contribution >= 0.6 is 34.0 Å². The fourth-order valence-electron chi connectivity index (χ4n) is 3.58. The lowest BCUT2D eigenvalue weighted by atomic mass is 9.97. The van der Waals surface area contributed by atoms with Gasteiger partial charge in [-0.2, -0.15) is 11.3 Å². The van der Waals surface area contributed by atoms with Gasteiger partial charge < -0.3 is 5.32 Å². The molecule has 148 valence electrons. The number of thiazole rings is 1. The van der Waals surface area contributed by atoms with Crippen LogP contribution in [0.1, 0.15) is 36.4 Å². The van der Waals surface area contributed by atoms with Crippen LogP contribution in [0.4, 0.5) is 0 Å². The van der Waals surface area contributed by atoms with Gasteiger partial charge in [0.05, 0.1) is 18.2 Å². The fraction of sp³-hybridized carbons (Fsp3) is 0.429. The van der Waals surface area contributed by atoms with Crippen molar-refractivity contribution < 1.29 is 4.79 Å². The Kier molecular flexibility index (Phi) is 6.57. The maximum absolute atomic E-state index is 12.6. The summed E-state index contributed by atoms with van der Waals surface area (Å²) >= 11 is 5.05. The third kappa shape index (κ3) is 4.89. The predicted octanol–water partition coefficient (Wildman–Crippen LogP) is 5.07. The second kappa shape index (κ2) is 9.31. The molecule has 3 aromatic heterocycles. The van der Waals surface area contributed by atoms with Crippen LogP contribution in [0, 0.1) is 5.92 Å². The van der Waals surface area contributed by atoms with Crippen LogP contribution in [0.15, 0.2) is 39.7 Å². The molecule has 0 aromatic carbocycles. The first-order valence-corrected chi connectivity index (χ1v) is 12.4. The molecule has 1 saturated heterocycles. The zero-order valence-corrected chi connectivity index (χ0v) is 18.4. The molecule has 0 radical (unpaired) electrons. The first kappa shape index (κ1) is 19.8. The maximum atomic E-state index is 12.6. The second-order valence-corrected chi connectivity index (χ2v) is 10.0. The highest BCUT2D eigenvalue weighted by atomic mass is 32.1. The van der Waals surface area contributed by atoms with Crippen molar-refractivity contribution in [3.63, 3.8) is 0 Å². The van der Waals surface area contributed by atoms with Crippen molar-refractivity contribution in [3.05, 3.63) is 50.3 Å². The van der Waals surface area contributed by atoms with E-state index in [2.05, 4.69) is 56.5 Å². The molecule has 1 amide bonds. The van der Waals surface area contributed by atoms with E-state index in [0.29, 0.717) is 13.0 Å². The third-order valence-corrected chi connectivity index (χ3v) is 7.88. The molecule has 1 N–H and O–H groups in total. The van der Waals surface area contributed by atoms with Crippen molar-refractivity contribution >= 4 is 39.9 Å². The number of carbonyl (C=O) groups excluding carboxylic acids is 1. The predicted molar refractivity (Wildman–Crippen MR) is 119 cm³/mol. The largest absolute Gasteiger partial charge is 0.354 e. The molecule has 1 atom stereocenters. The lowest BCUT2D eigenvalue weighted by Gasteiger charge is -2.36. The van der Waals surface area contributed by atoms with Gasteiger partial charge in [0.15, 0.2) is 0 Å². The van der Waals surface area contributed by atoms with Crippen molar-refractivity contribution in [1.29, 1.82) is 0 Å². The molecule has 7 heteroatoms. The quantitative estimate of drug-likeness (QED) is 0.568. The Labute approximate surface area is 178 Å². The standard InChI is InChI=1S/C21H25N3OS3/c1-15-4-7-24(8-5-15)18(19-3-2-9-27-19)12-22-20(25)11-17-14-28-21(23-17)16-6-10-26-13-16/h2-3,6,9-10,13-15,18H,4-5,7-8,11-12H2,1H3,(H,22,25)/t18-/m0/s1. The summed E-state index contributed by atoms with van der Waals surface area (Å²) < 4.78 is 0. The minimum atomic E-state index is 0.0501. The molecule has 0 bridgehead atoms. The van der Waals surface area contributed by atoms with Gasteiger partial charge in [0.1, 0.15) is 5.01 Å². The molecule has 4 rings (SSSR count). The molecule has 4 nitrogen and oxygen atoms in total. The van der Waals surface area contributed by atoms with E-state index in [1.54, 1.807) is 34.0 Å². The summed E-state index contributed by atoms with van der Waals surface area (Å²) in [6.07, 6.45) is 2.81. The summed E-state index contributed by atoms with van der Waals surface area (Å²) in [5, 5.41) is 12.4. The lowest BCUT2D eigenvalue weighted by Crippen LogP contribution is -2.42. The normalized spacial score (nSPS) is 16.9. The highest BCUT2D eigenvalue weighted by Crippen LogP contribution is 2.29. The molecular weight excluding hydrogens is 406 g/mol. The van der Waals surface area contributed by atoms with E-state index in [0.717, 1.165) is 35.3 Å². The fourth-order valence-corrected chi connectivity index (χ4v) is 5.97. The van der Waals surface area contributed by atoms with E-state index >= 15 is 0 Å². The molecule has 1 fully saturated rings. The minimum Gasteiger partial charge on any atom is -0.354 e. The van der Waals surface area contributed by atoms with Gasteiger partial charge in [0, 0.05) is 27.7 Å². The lowest BCUT2D eigenvalue weighted by molar-refractivity contribution is -0.120. The average Bonchev–Trinajstić information content (AvgIpc) is 3.46. The Balaban J connectivity index is 1.35. The molecular formula is C21H25N3OS3. The Morgan fingerprint density at radius 1 is 1.25 bits per heavy atom. The van der Waals surface area contributed by atoms with Crippen molar-refractivity contribution in [2.24, 2.45) is 5.92 Å². The molecule has 1 aliphatic rings. The van der Waals surface area contributed by atoms with Gasteiger partial charge in [-0.1, -0.05) is 13.0 Å². The summed E-state index contributed by atoms with van der Waals surface area (Å²) in [6.45, 7) is 5.21. The van der Waals surface area contributed by atoms with Gasteiger partial charge in [0.2, 0.25) is 5.91 Å². The van der Waals surface area contributed by atoms with Crippen molar-refractivity contribution in [1.82, 2.24) is 15.2 Å². The number of thiophene rings is 2. The molecule has 28 heavy (non-hydrogen) atoms. The van der Waals surface area contributed by atoms with E-state index in [1.807, 2.05) is 5.38 Å². The number of likely N-dealkylation sites (tertiary alicyclic amines) is 1. The molecule has 0 aliphatic carbocycles. The van der Waals surface area contributed by atoms with Crippen molar-refractivity contribution in [2.45, 2.75) is 32.2 Å². The van der Waals surface area contributed by atoms with E-state index in [9.17, 15) is 4.79 Å². The first-order valence-electron chi connectivity index (χ1n) is 9.70. The molecule has 1 aliphatic heterocycles. The second-order valence-electron chi connectivity index (χ2n) is 7.39. The first-order chi connectivity index (χ1) is 13.7. The van der Waals surface area contributed by atoms with Crippen LogP contribution in [-0.4, -0.2) is 35.4 Å². The number of hydrogen-bond donors (Lipinski definition) is 1. The Hall–Kier alpha value is -1.54. The molecule has 0 saturated carbocycles. The summed E-state index contributed by atoms with van der Waals surface area (Å²) in [7, 11) is 0. The average molecular weight is 432 g/mol. The van der Waals surface area contributed by atoms with Crippen LogP contribution in [0.5, 0.6) is 0 Å². The van der Waals surface area contributed by atoms with Crippen LogP contribution in [0.25, 0.3) is 10.6 Å². The van der Waals surface area contributed by atoms with E-state index in [-0.39, 0.29) is 11.9 Å². The highest BCUT2D eigenvalue weighted by molar-refractivity contribution is 7.14. The van der Waals surface area contributed by atoms with Crippen LogP contribution in [0.2, 0.25) is 0 Å². The van der Waals surface area contributed by atoms with E-state index in [1.165, 1.54) is 17.7 Å². The number of carbonyl (C=O) groups is 1. The number of hydrogen-bond acceptors (Lipinski definition) is 6. The number of aromatic nitrogens is 1. The summed E-state index contributed by atoms with van der Waals surface area (Å²) in [4.78, 5) is 21.0. The van der Waals surface area contributed by atoms with Gasteiger partial charge in [-0.25, -0.2) is 4.98 Å². The van der Waals surface area contributed by atoms with E-state index < -0.39 is 0 Å². The van der Waals surface area contributed by atoms with Gasteiger partial charge >= 0.3 is 0 Å². The Morgan fingerprint density at radius 3 is 2.82 bits per heavy atom. The SMILES string of the molecule is CC1CCN([C@@H](CNC(=O)Cc2csc(-c3ccsc3)n2)c2cccs2)CC1.